The van der Waals surface area contributed by atoms with E-state index in [-0.39, 0.29) is 36.4 Å². The average molecular weight is 431 g/mol. The molecule has 2 fully saturated rings. The van der Waals surface area contributed by atoms with E-state index in [9.17, 15) is 9.59 Å². The Kier molecular flexibility index (Phi) is 6.09. The van der Waals surface area contributed by atoms with E-state index in [1.807, 2.05) is 26.0 Å². The minimum Gasteiger partial charge on any atom is -0.337 e. The third-order valence-corrected chi connectivity index (χ3v) is 6.01. The van der Waals surface area contributed by atoms with Gasteiger partial charge in [-0.1, -0.05) is 28.9 Å². The number of hydrogen-bond donors (Lipinski definition) is 0. The van der Waals surface area contributed by atoms with Crippen molar-refractivity contribution in [2.75, 3.05) is 13.1 Å². The quantitative estimate of drug-likeness (QED) is 0.689. The fraction of sp³-hybridized carbons (Fsp3) is 0.545. The molecule has 0 N–H and O–H groups in total. The molecule has 1 unspecified atom stereocenters. The van der Waals surface area contributed by atoms with Crippen LogP contribution in [0.5, 0.6) is 0 Å². The van der Waals surface area contributed by atoms with Crippen molar-refractivity contribution in [1.82, 2.24) is 19.9 Å². The van der Waals surface area contributed by atoms with Crippen molar-refractivity contribution in [2.24, 2.45) is 5.92 Å². The van der Waals surface area contributed by atoms with Crippen LogP contribution >= 0.6 is 11.6 Å². The van der Waals surface area contributed by atoms with Gasteiger partial charge in [-0.05, 0) is 58.1 Å². The summed E-state index contributed by atoms with van der Waals surface area (Å²) >= 11 is 6.07. The third kappa shape index (κ3) is 4.51. The number of piperidine rings is 1. The number of benzene rings is 1. The van der Waals surface area contributed by atoms with Crippen molar-refractivity contribution in [1.29, 1.82) is 0 Å². The standard InChI is InChI=1S/C22H27ClN4O3/c1-14(2)27(22(29)15-9-10-15)13-19(28)26-11-4-3-8-18(26)21-24-20(25-30-21)16-6-5-7-17(23)12-16/h5-7,12,14-15,18H,3-4,8-11,13H2,1-2H3. The summed E-state index contributed by atoms with van der Waals surface area (Å²) in [6.07, 6.45) is 4.53. The Balaban J connectivity index is 1.51. The van der Waals surface area contributed by atoms with Gasteiger partial charge in [0.1, 0.15) is 12.6 Å². The van der Waals surface area contributed by atoms with Gasteiger partial charge in [-0.15, -0.1) is 0 Å². The van der Waals surface area contributed by atoms with E-state index in [2.05, 4.69) is 10.1 Å². The molecule has 0 bridgehead atoms. The van der Waals surface area contributed by atoms with Crippen molar-refractivity contribution < 1.29 is 14.1 Å². The van der Waals surface area contributed by atoms with Crippen LogP contribution in [-0.4, -0.2) is 50.9 Å². The molecule has 2 heterocycles. The third-order valence-electron chi connectivity index (χ3n) is 5.77. The van der Waals surface area contributed by atoms with E-state index >= 15 is 0 Å². The first kappa shape index (κ1) is 20.8. The topological polar surface area (TPSA) is 79.5 Å². The molecule has 1 aromatic heterocycles. The lowest BCUT2D eigenvalue weighted by atomic mass is 10.0. The van der Waals surface area contributed by atoms with Crippen molar-refractivity contribution in [2.45, 2.75) is 58.0 Å². The number of aromatic nitrogens is 2. The molecule has 30 heavy (non-hydrogen) atoms. The molecule has 1 aliphatic heterocycles. The number of carbonyl (C=O) groups excluding carboxylic acids is 2. The first-order valence-corrected chi connectivity index (χ1v) is 11.0. The van der Waals surface area contributed by atoms with Gasteiger partial charge in [0, 0.05) is 29.1 Å². The molecule has 1 aliphatic carbocycles. The van der Waals surface area contributed by atoms with E-state index < -0.39 is 0 Å². The fourth-order valence-electron chi connectivity index (χ4n) is 3.92. The molecule has 1 atom stereocenters. The Morgan fingerprint density at radius 1 is 1.27 bits per heavy atom. The summed E-state index contributed by atoms with van der Waals surface area (Å²) in [5, 5.41) is 4.70. The molecule has 7 nitrogen and oxygen atoms in total. The highest BCUT2D eigenvalue weighted by Crippen LogP contribution is 2.33. The molecule has 2 amide bonds. The van der Waals surface area contributed by atoms with Crippen molar-refractivity contribution in [3.63, 3.8) is 0 Å². The van der Waals surface area contributed by atoms with Crippen LogP contribution in [0.15, 0.2) is 28.8 Å². The Labute approximate surface area is 181 Å². The smallest absolute Gasteiger partial charge is 0.249 e. The first-order valence-electron chi connectivity index (χ1n) is 10.6. The Bertz CT molecular complexity index is 925. The predicted octanol–water partition coefficient (Wildman–Crippen LogP) is 4.09. The second kappa shape index (κ2) is 8.76. The van der Waals surface area contributed by atoms with Crippen LogP contribution in [0.4, 0.5) is 0 Å². The fourth-order valence-corrected chi connectivity index (χ4v) is 4.11. The molecule has 1 saturated heterocycles. The van der Waals surface area contributed by atoms with Crippen LogP contribution in [0.1, 0.15) is 57.9 Å². The summed E-state index contributed by atoms with van der Waals surface area (Å²) < 4.78 is 5.55. The zero-order chi connectivity index (χ0) is 21.3. The lowest BCUT2D eigenvalue weighted by Gasteiger charge is -2.36. The van der Waals surface area contributed by atoms with Gasteiger partial charge in [0.2, 0.25) is 23.5 Å². The van der Waals surface area contributed by atoms with E-state index in [1.165, 1.54) is 0 Å². The Morgan fingerprint density at radius 3 is 2.77 bits per heavy atom. The number of likely N-dealkylation sites (tertiary alicyclic amines) is 1. The molecule has 8 heteroatoms. The SMILES string of the molecule is CC(C)N(CC(=O)N1CCCCC1c1nc(-c2cccc(Cl)c2)no1)C(=O)C1CC1. The Morgan fingerprint density at radius 2 is 2.07 bits per heavy atom. The number of amides is 2. The number of nitrogens with zero attached hydrogens (tertiary/aromatic N) is 4. The molecular formula is C22H27ClN4O3. The monoisotopic (exact) mass is 430 g/mol. The van der Waals surface area contributed by atoms with Gasteiger partial charge in [0.25, 0.3) is 0 Å². The lowest BCUT2D eigenvalue weighted by molar-refractivity contribution is -0.145. The second-order valence-corrected chi connectivity index (χ2v) is 8.84. The van der Waals surface area contributed by atoms with Gasteiger partial charge in [-0.25, -0.2) is 0 Å². The first-order chi connectivity index (χ1) is 14.4. The zero-order valence-electron chi connectivity index (χ0n) is 17.4. The van der Waals surface area contributed by atoms with Crippen LogP contribution in [0.2, 0.25) is 5.02 Å². The normalized spacial score (nSPS) is 19.2. The van der Waals surface area contributed by atoms with E-state index in [4.69, 9.17) is 16.1 Å². The highest BCUT2D eigenvalue weighted by molar-refractivity contribution is 6.30. The molecule has 160 valence electrons. The number of hydrogen-bond acceptors (Lipinski definition) is 5. The summed E-state index contributed by atoms with van der Waals surface area (Å²) in [5.74, 6) is 1.01. The Hall–Kier alpha value is -2.41. The maximum Gasteiger partial charge on any atom is 0.249 e. The summed E-state index contributed by atoms with van der Waals surface area (Å²) in [4.78, 5) is 33.9. The molecule has 1 saturated carbocycles. The molecule has 0 spiro atoms. The molecule has 2 aliphatic rings. The van der Waals surface area contributed by atoms with E-state index in [0.717, 1.165) is 37.7 Å². The van der Waals surface area contributed by atoms with Crippen LogP contribution < -0.4 is 0 Å². The van der Waals surface area contributed by atoms with Gasteiger partial charge in [0.05, 0.1) is 0 Å². The second-order valence-electron chi connectivity index (χ2n) is 8.40. The number of halogens is 1. The molecule has 0 radical (unpaired) electrons. The number of rotatable bonds is 6. The van der Waals surface area contributed by atoms with Gasteiger partial charge in [0.15, 0.2) is 0 Å². The van der Waals surface area contributed by atoms with E-state index in [0.29, 0.717) is 23.3 Å². The van der Waals surface area contributed by atoms with Gasteiger partial charge in [-0.3, -0.25) is 9.59 Å². The summed E-state index contributed by atoms with van der Waals surface area (Å²) in [6.45, 7) is 4.63. The number of carbonyl (C=O) groups is 2. The predicted molar refractivity (Wildman–Crippen MR) is 113 cm³/mol. The van der Waals surface area contributed by atoms with Crippen LogP contribution in [0.3, 0.4) is 0 Å². The highest BCUT2D eigenvalue weighted by atomic mass is 35.5. The van der Waals surface area contributed by atoms with Crippen molar-refractivity contribution >= 4 is 23.4 Å². The van der Waals surface area contributed by atoms with Crippen LogP contribution in [0.25, 0.3) is 11.4 Å². The summed E-state index contributed by atoms with van der Waals surface area (Å²) in [5.41, 5.74) is 0.771. The van der Waals surface area contributed by atoms with Gasteiger partial charge in [-0.2, -0.15) is 4.98 Å². The van der Waals surface area contributed by atoms with Crippen LogP contribution in [0, 0.1) is 5.92 Å². The molecule has 1 aromatic carbocycles. The minimum absolute atomic E-state index is 0.0110. The average Bonchev–Trinajstić information content (AvgIpc) is 3.47. The van der Waals surface area contributed by atoms with Gasteiger partial charge < -0.3 is 14.3 Å². The molecule has 2 aromatic rings. The van der Waals surface area contributed by atoms with Crippen LogP contribution in [-0.2, 0) is 9.59 Å². The van der Waals surface area contributed by atoms with Crippen molar-refractivity contribution in [3.05, 3.63) is 35.2 Å². The summed E-state index contributed by atoms with van der Waals surface area (Å²) in [7, 11) is 0. The summed E-state index contributed by atoms with van der Waals surface area (Å²) in [6, 6.07) is 7.00. The van der Waals surface area contributed by atoms with E-state index in [1.54, 1.807) is 21.9 Å². The highest BCUT2D eigenvalue weighted by Gasteiger charge is 2.38. The minimum atomic E-state index is -0.267. The molecule has 4 rings (SSSR count). The lowest BCUT2D eigenvalue weighted by Crippen LogP contribution is -2.48. The van der Waals surface area contributed by atoms with Crippen molar-refractivity contribution in [3.8, 4) is 11.4 Å². The maximum absolute atomic E-state index is 13.2. The largest absolute Gasteiger partial charge is 0.337 e. The maximum atomic E-state index is 13.2. The zero-order valence-corrected chi connectivity index (χ0v) is 18.1. The molecular weight excluding hydrogens is 404 g/mol. The van der Waals surface area contributed by atoms with Gasteiger partial charge >= 0.3 is 0 Å².